The van der Waals surface area contributed by atoms with Gasteiger partial charge in [0.05, 0.1) is 10.9 Å². The number of hydrogen-bond donors (Lipinski definition) is 4. The van der Waals surface area contributed by atoms with E-state index < -0.39 is 22.0 Å². The number of hydrogen-bond acceptors (Lipinski definition) is 5. The molecule has 0 saturated heterocycles. The Morgan fingerprint density at radius 2 is 1.48 bits per heavy atom. The van der Waals surface area contributed by atoms with Crippen LogP contribution in [0.15, 0.2) is 77.7 Å². The third kappa shape index (κ3) is 7.53. The first kappa shape index (κ1) is 29.4. The Morgan fingerprint density at radius 3 is 2.02 bits per heavy atom. The van der Waals surface area contributed by atoms with E-state index in [-0.39, 0.29) is 41.0 Å². The summed E-state index contributed by atoms with van der Waals surface area (Å²) in [6.45, 7) is 1.85. The largest absolute Gasteiger partial charge is 0.480 e. The molecule has 212 valence electrons. The van der Waals surface area contributed by atoms with Crippen LogP contribution in [0.1, 0.15) is 49.8 Å². The summed E-state index contributed by atoms with van der Waals surface area (Å²) in [6, 6.07) is 18.4. The predicted molar refractivity (Wildman–Crippen MR) is 150 cm³/mol. The van der Waals surface area contributed by atoms with E-state index in [9.17, 15) is 22.4 Å². The first-order valence-electron chi connectivity index (χ1n) is 13.3. The van der Waals surface area contributed by atoms with Crippen LogP contribution in [0.3, 0.4) is 0 Å². The van der Waals surface area contributed by atoms with E-state index in [0.717, 1.165) is 22.3 Å². The van der Waals surface area contributed by atoms with Gasteiger partial charge in [-0.1, -0.05) is 48.5 Å². The summed E-state index contributed by atoms with van der Waals surface area (Å²) in [5.41, 5.74) is 8.91. The molecule has 0 aromatic heterocycles. The second-order valence-corrected chi connectivity index (χ2v) is 12.0. The number of nitrogens with two attached hydrogens (primary N) is 1. The predicted octanol–water partition coefficient (Wildman–Crippen LogP) is 4.16. The highest BCUT2D eigenvalue weighted by Gasteiger charge is 2.29. The fraction of sp³-hybridized carbons (Fsp3) is 0.333. The molecule has 1 fully saturated rings. The van der Waals surface area contributed by atoms with Gasteiger partial charge in [-0.05, 0) is 85.5 Å². The van der Waals surface area contributed by atoms with Gasteiger partial charge >= 0.3 is 5.97 Å². The van der Waals surface area contributed by atoms with Gasteiger partial charge in [-0.3, -0.25) is 9.59 Å². The zero-order valence-corrected chi connectivity index (χ0v) is 23.0. The molecule has 0 radical (unpaired) electrons. The van der Waals surface area contributed by atoms with E-state index >= 15 is 0 Å². The molecule has 5 N–H and O–H groups in total. The van der Waals surface area contributed by atoms with Crippen molar-refractivity contribution in [3.8, 4) is 11.1 Å². The maximum absolute atomic E-state index is 13.2. The van der Waals surface area contributed by atoms with Crippen molar-refractivity contribution in [3.63, 3.8) is 0 Å². The van der Waals surface area contributed by atoms with Crippen molar-refractivity contribution in [2.24, 2.45) is 11.7 Å². The number of carboxylic acid groups (broad SMARTS) is 1. The van der Waals surface area contributed by atoms with Gasteiger partial charge in [0.2, 0.25) is 15.9 Å². The summed E-state index contributed by atoms with van der Waals surface area (Å²) in [7, 11) is -3.73. The Balaban J connectivity index is 1.29. The van der Waals surface area contributed by atoms with Crippen LogP contribution in [0, 0.1) is 11.7 Å². The number of rotatable bonds is 10. The number of carbonyl (C=O) groups is 2. The van der Waals surface area contributed by atoms with Crippen LogP contribution in [0.5, 0.6) is 0 Å². The minimum Gasteiger partial charge on any atom is -0.480 e. The molecular weight excluding hydrogens is 533 g/mol. The molecule has 0 unspecified atom stereocenters. The first-order valence-corrected chi connectivity index (χ1v) is 14.8. The summed E-state index contributed by atoms with van der Waals surface area (Å²) in [6.07, 6.45) is 2.47. The Hall–Kier alpha value is -3.60. The van der Waals surface area contributed by atoms with E-state index in [2.05, 4.69) is 10.0 Å². The van der Waals surface area contributed by atoms with Crippen molar-refractivity contribution in [1.29, 1.82) is 0 Å². The summed E-state index contributed by atoms with van der Waals surface area (Å²) >= 11 is 0. The highest BCUT2D eigenvalue weighted by atomic mass is 32.2. The molecule has 10 heteroatoms. The van der Waals surface area contributed by atoms with Crippen molar-refractivity contribution < 1.29 is 27.5 Å². The van der Waals surface area contributed by atoms with Crippen LogP contribution in [0.2, 0.25) is 0 Å². The molecule has 0 bridgehead atoms. The van der Waals surface area contributed by atoms with Crippen molar-refractivity contribution in [1.82, 2.24) is 10.0 Å². The van der Waals surface area contributed by atoms with Gasteiger partial charge in [0.25, 0.3) is 0 Å². The number of carboxylic acids is 1. The van der Waals surface area contributed by atoms with Gasteiger partial charge < -0.3 is 16.2 Å². The standard InChI is InChI=1S/C30H34FN3O5S/c1-19(21-6-12-25(31)13-7-21)33-29(35)24-8-14-26(15-9-24)34-40(38,39)27-16-10-23(11-17-27)22-4-2-20(3-5-22)18-28(32)30(36)37/h2-7,10-13,16-17,19,24,26,28,34H,8-9,14-15,18,32H2,1H3,(H,33,35)(H,36,37)/t19-,24?,26?,28+/m1/s1. The number of amides is 1. The molecule has 3 aromatic carbocycles. The van der Waals surface area contributed by atoms with E-state index in [1.165, 1.54) is 12.1 Å². The number of sulfonamides is 1. The number of benzene rings is 3. The van der Waals surface area contributed by atoms with Gasteiger partial charge in [0.1, 0.15) is 11.9 Å². The van der Waals surface area contributed by atoms with Gasteiger partial charge in [-0.25, -0.2) is 17.5 Å². The SMILES string of the molecule is C[C@@H](NC(=O)C1CCC(NS(=O)(=O)c2ccc(-c3ccc(C[C@H](N)C(=O)O)cc3)cc2)CC1)c1ccc(F)cc1. The molecule has 0 heterocycles. The van der Waals surface area contributed by atoms with Crippen molar-refractivity contribution in [2.45, 2.75) is 62.0 Å². The summed E-state index contributed by atoms with van der Waals surface area (Å²) in [5.74, 6) is -1.66. The molecule has 1 saturated carbocycles. The molecule has 0 spiro atoms. The van der Waals surface area contributed by atoms with Gasteiger partial charge in [-0.2, -0.15) is 0 Å². The van der Waals surface area contributed by atoms with E-state index in [1.807, 2.05) is 31.2 Å². The second-order valence-electron chi connectivity index (χ2n) is 10.3. The number of nitrogens with one attached hydrogen (secondary N) is 2. The third-order valence-corrected chi connectivity index (χ3v) is 8.91. The average Bonchev–Trinajstić information content (AvgIpc) is 2.94. The maximum Gasteiger partial charge on any atom is 0.320 e. The molecule has 1 aliphatic carbocycles. The van der Waals surface area contributed by atoms with Crippen LogP contribution in [-0.4, -0.2) is 37.5 Å². The molecule has 8 nitrogen and oxygen atoms in total. The lowest BCUT2D eigenvalue weighted by Crippen LogP contribution is -2.41. The molecular formula is C30H34FN3O5S. The lowest BCUT2D eigenvalue weighted by atomic mass is 9.85. The number of halogens is 1. The quantitative estimate of drug-likeness (QED) is 0.290. The number of aliphatic carboxylic acids is 1. The molecule has 40 heavy (non-hydrogen) atoms. The maximum atomic E-state index is 13.2. The van der Waals surface area contributed by atoms with Gasteiger partial charge in [-0.15, -0.1) is 0 Å². The lowest BCUT2D eigenvalue weighted by Gasteiger charge is -2.29. The van der Waals surface area contributed by atoms with E-state index in [1.54, 1.807) is 36.4 Å². The van der Waals surface area contributed by atoms with E-state index in [0.29, 0.717) is 25.7 Å². The smallest absolute Gasteiger partial charge is 0.320 e. The topological polar surface area (TPSA) is 139 Å². The molecule has 2 atom stereocenters. The van der Waals surface area contributed by atoms with Crippen molar-refractivity contribution >= 4 is 21.9 Å². The van der Waals surface area contributed by atoms with Crippen LogP contribution >= 0.6 is 0 Å². The fourth-order valence-electron chi connectivity index (χ4n) is 4.93. The monoisotopic (exact) mass is 567 g/mol. The van der Waals surface area contributed by atoms with Crippen molar-refractivity contribution in [3.05, 3.63) is 89.7 Å². The second kappa shape index (κ2) is 12.7. The molecule has 1 amide bonds. The highest BCUT2D eigenvalue weighted by molar-refractivity contribution is 7.89. The van der Waals surface area contributed by atoms with Crippen LogP contribution in [-0.2, 0) is 26.0 Å². The van der Waals surface area contributed by atoms with Gasteiger partial charge in [0, 0.05) is 12.0 Å². The minimum absolute atomic E-state index is 0.0773. The van der Waals surface area contributed by atoms with Crippen LogP contribution in [0.25, 0.3) is 11.1 Å². The van der Waals surface area contributed by atoms with Gasteiger partial charge in [0.15, 0.2) is 0 Å². The zero-order valence-electron chi connectivity index (χ0n) is 22.2. The Bertz CT molecular complexity index is 1420. The summed E-state index contributed by atoms with van der Waals surface area (Å²) in [4.78, 5) is 23.9. The van der Waals surface area contributed by atoms with Crippen molar-refractivity contribution in [2.75, 3.05) is 0 Å². The molecule has 4 rings (SSSR count). The zero-order chi connectivity index (χ0) is 28.9. The Kier molecular flexibility index (Phi) is 9.34. The highest BCUT2D eigenvalue weighted by Crippen LogP contribution is 2.28. The third-order valence-electron chi connectivity index (χ3n) is 7.37. The molecule has 0 aliphatic heterocycles. The Labute approximate surface area is 233 Å². The molecule has 3 aromatic rings. The van der Waals surface area contributed by atoms with E-state index in [4.69, 9.17) is 10.8 Å². The normalized spacial score (nSPS) is 19.0. The fourth-order valence-corrected chi connectivity index (χ4v) is 6.23. The summed E-state index contributed by atoms with van der Waals surface area (Å²) in [5, 5.41) is 12.0. The number of carbonyl (C=O) groups excluding carboxylic acids is 1. The Morgan fingerprint density at radius 1 is 0.925 bits per heavy atom. The average molecular weight is 568 g/mol. The lowest BCUT2D eigenvalue weighted by molar-refractivity contribution is -0.138. The first-order chi connectivity index (χ1) is 19.0. The minimum atomic E-state index is -3.73. The summed E-state index contributed by atoms with van der Waals surface area (Å²) < 4.78 is 42.0. The molecule has 1 aliphatic rings. The van der Waals surface area contributed by atoms with Crippen LogP contribution < -0.4 is 15.8 Å². The van der Waals surface area contributed by atoms with Crippen LogP contribution in [0.4, 0.5) is 4.39 Å².